The van der Waals surface area contributed by atoms with Gasteiger partial charge in [-0.1, -0.05) is 12.1 Å². The molecular formula is C13H10BrIN2O. The zero-order chi connectivity index (χ0) is 13.1. The number of nitrogens with one attached hydrogen (secondary N) is 1. The summed E-state index contributed by atoms with van der Waals surface area (Å²) in [5, 5.41) is 2.82. The summed E-state index contributed by atoms with van der Waals surface area (Å²) in [5.41, 5.74) is 1.57. The maximum atomic E-state index is 12.1. The fourth-order valence-corrected chi connectivity index (χ4v) is 2.57. The Balaban J connectivity index is 2.24. The van der Waals surface area contributed by atoms with Gasteiger partial charge in [-0.05, 0) is 69.2 Å². The Kier molecular flexibility index (Phi) is 4.34. The summed E-state index contributed by atoms with van der Waals surface area (Å²) >= 11 is 5.49. The summed E-state index contributed by atoms with van der Waals surface area (Å²) in [6.45, 7) is 1.91. The van der Waals surface area contributed by atoms with Crippen molar-refractivity contribution in [2.75, 3.05) is 5.32 Å². The summed E-state index contributed by atoms with van der Waals surface area (Å²) in [6.07, 6.45) is 1.67. The number of benzene rings is 1. The first kappa shape index (κ1) is 13.5. The molecule has 1 amide bonds. The number of carbonyl (C=O) groups excluding carboxylic acids is 1. The molecule has 2 aromatic rings. The lowest BCUT2D eigenvalue weighted by Crippen LogP contribution is -2.15. The Morgan fingerprint density at radius 1 is 1.39 bits per heavy atom. The number of carbonyl (C=O) groups is 1. The van der Waals surface area contributed by atoms with Crippen LogP contribution < -0.4 is 5.32 Å². The number of rotatable bonds is 2. The third-order valence-electron chi connectivity index (χ3n) is 2.40. The van der Waals surface area contributed by atoms with Crippen molar-refractivity contribution >= 4 is 50.2 Å². The third kappa shape index (κ3) is 3.08. The van der Waals surface area contributed by atoms with Gasteiger partial charge in [-0.25, -0.2) is 4.98 Å². The van der Waals surface area contributed by atoms with Gasteiger partial charge in [0.2, 0.25) is 0 Å². The highest BCUT2D eigenvalue weighted by atomic mass is 127. The van der Waals surface area contributed by atoms with Crippen molar-refractivity contribution in [3.05, 3.63) is 55.7 Å². The van der Waals surface area contributed by atoms with Gasteiger partial charge in [-0.2, -0.15) is 0 Å². The van der Waals surface area contributed by atoms with E-state index in [0.717, 1.165) is 13.6 Å². The van der Waals surface area contributed by atoms with E-state index in [4.69, 9.17) is 0 Å². The topological polar surface area (TPSA) is 42.0 Å². The largest absolute Gasteiger partial charge is 0.306 e. The molecule has 5 heteroatoms. The molecule has 0 saturated carbocycles. The molecule has 3 nitrogen and oxygen atoms in total. The molecule has 1 aromatic heterocycles. The molecule has 1 heterocycles. The van der Waals surface area contributed by atoms with Gasteiger partial charge in [0.05, 0.1) is 5.56 Å². The summed E-state index contributed by atoms with van der Waals surface area (Å²) in [7, 11) is 0. The van der Waals surface area contributed by atoms with Crippen LogP contribution in [0.5, 0.6) is 0 Å². The van der Waals surface area contributed by atoms with Crippen molar-refractivity contribution < 1.29 is 4.79 Å². The zero-order valence-electron chi connectivity index (χ0n) is 9.58. The molecule has 18 heavy (non-hydrogen) atoms. The van der Waals surface area contributed by atoms with E-state index in [9.17, 15) is 4.79 Å². The van der Waals surface area contributed by atoms with E-state index in [0.29, 0.717) is 11.4 Å². The summed E-state index contributed by atoms with van der Waals surface area (Å²) < 4.78 is 1.81. The van der Waals surface area contributed by atoms with E-state index in [1.165, 1.54) is 0 Å². The van der Waals surface area contributed by atoms with Crippen LogP contribution in [0.4, 0.5) is 5.82 Å². The van der Waals surface area contributed by atoms with Gasteiger partial charge in [0, 0.05) is 14.2 Å². The molecule has 0 aliphatic rings. The van der Waals surface area contributed by atoms with Gasteiger partial charge < -0.3 is 5.32 Å². The Labute approximate surface area is 127 Å². The van der Waals surface area contributed by atoms with Crippen LogP contribution in [0.3, 0.4) is 0 Å². The quantitative estimate of drug-likeness (QED) is 0.751. The number of amides is 1. The molecule has 0 atom stereocenters. The standard InChI is InChI=1S/C13H10BrIN2O/c1-8-6-9(14)7-16-12(8)17-13(18)10-4-2-3-5-11(10)15/h2-7H,1H3,(H,16,17,18). The lowest BCUT2D eigenvalue weighted by atomic mass is 10.2. The molecule has 0 spiro atoms. The average molecular weight is 417 g/mol. The van der Waals surface area contributed by atoms with E-state index in [-0.39, 0.29) is 5.91 Å². The SMILES string of the molecule is Cc1cc(Br)cnc1NC(=O)c1ccccc1I. The van der Waals surface area contributed by atoms with Crippen LogP contribution in [-0.2, 0) is 0 Å². The fourth-order valence-electron chi connectivity index (χ4n) is 1.49. The molecule has 0 unspecified atom stereocenters. The van der Waals surface area contributed by atoms with Crippen molar-refractivity contribution in [2.45, 2.75) is 6.92 Å². The Morgan fingerprint density at radius 2 is 2.11 bits per heavy atom. The van der Waals surface area contributed by atoms with Crippen molar-refractivity contribution in [1.29, 1.82) is 0 Å². The van der Waals surface area contributed by atoms with Crippen LogP contribution in [0.15, 0.2) is 41.0 Å². The minimum atomic E-state index is -0.141. The first-order chi connectivity index (χ1) is 8.58. The number of hydrogen-bond acceptors (Lipinski definition) is 2. The summed E-state index contributed by atoms with van der Waals surface area (Å²) in [4.78, 5) is 16.3. The molecule has 0 aliphatic heterocycles. The van der Waals surface area contributed by atoms with Gasteiger partial charge in [-0.15, -0.1) is 0 Å². The van der Waals surface area contributed by atoms with Gasteiger partial charge >= 0.3 is 0 Å². The van der Waals surface area contributed by atoms with Gasteiger partial charge in [0.25, 0.3) is 5.91 Å². The van der Waals surface area contributed by atoms with E-state index in [1.54, 1.807) is 12.3 Å². The molecule has 1 aromatic carbocycles. The molecule has 0 saturated heterocycles. The molecule has 0 fully saturated rings. The number of aromatic nitrogens is 1. The van der Waals surface area contributed by atoms with Crippen molar-refractivity contribution in [2.24, 2.45) is 0 Å². The van der Waals surface area contributed by atoms with Crippen LogP contribution in [0.25, 0.3) is 0 Å². The highest BCUT2D eigenvalue weighted by molar-refractivity contribution is 14.1. The van der Waals surface area contributed by atoms with Crippen molar-refractivity contribution in [3.8, 4) is 0 Å². The first-order valence-corrected chi connectivity index (χ1v) is 7.13. The minimum absolute atomic E-state index is 0.141. The average Bonchev–Trinajstić information content (AvgIpc) is 2.33. The first-order valence-electron chi connectivity index (χ1n) is 5.26. The number of pyridine rings is 1. The highest BCUT2D eigenvalue weighted by Crippen LogP contribution is 2.18. The second-order valence-corrected chi connectivity index (χ2v) is 5.83. The van der Waals surface area contributed by atoms with Gasteiger partial charge in [-0.3, -0.25) is 4.79 Å². The number of nitrogens with zero attached hydrogens (tertiary/aromatic N) is 1. The van der Waals surface area contributed by atoms with Crippen LogP contribution in [-0.4, -0.2) is 10.9 Å². The predicted octanol–water partition coefficient (Wildman–Crippen LogP) is 4.01. The maximum Gasteiger partial charge on any atom is 0.257 e. The van der Waals surface area contributed by atoms with Crippen LogP contribution in [0.2, 0.25) is 0 Å². The summed E-state index contributed by atoms with van der Waals surface area (Å²) in [6, 6.07) is 9.36. The fraction of sp³-hybridized carbons (Fsp3) is 0.0769. The van der Waals surface area contributed by atoms with E-state index in [1.807, 2.05) is 31.2 Å². The van der Waals surface area contributed by atoms with Crippen LogP contribution in [0.1, 0.15) is 15.9 Å². The zero-order valence-corrected chi connectivity index (χ0v) is 13.3. The normalized spacial score (nSPS) is 10.2. The van der Waals surface area contributed by atoms with Crippen LogP contribution >= 0.6 is 38.5 Å². The second-order valence-electron chi connectivity index (χ2n) is 3.75. The number of anilines is 1. The smallest absolute Gasteiger partial charge is 0.257 e. The van der Waals surface area contributed by atoms with Crippen molar-refractivity contribution in [3.63, 3.8) is 0 Å². The molecule has 0 aliphatic carbocycles. The highest BCUT2D eigenvalue weighted by Gasteiger charge is 2.11. The van der Waals surface area contributed by atoms with E-state index >= 15 is 0 Å². The Bertz CT molecular complexity index is 601. The number of hydrogen-bond donors (Lipinski definition) is 1. The molecular weight excluding hydrogens is 407 g/mol. The number of aryl methyl sites for hydroxylation is 1. The van der Waals surface area contributed by atoms with Crippen molar-refractivity contribution in [1.82, 2.24) is 4.98 Å². The van der Waals surface area contributed by atoms with E-state index in [2.05, 4.69) is 48.8 Å². The molecule has 0 radical (unpaired) electrons. The Hall–Kier alpha value is -0.950. The molecule has 2 rings (SSSR count). The van der Waals surface area contributed by atoms with Crippen LogP contribution in [0, 0.1) is 10.5 Å². The predicted molar refractivity (Wildman–Crippen MR) is 83.8 cm³/mol. The second kappa shape index (κ2) is 5.79. The van der Waals surface area contributed by atoms with Gasteiger partial charge in [0.15, 0.2) is 0 Å². The Morgan fingerprint density at radius 3 is 2.78 bits per heavy atom. The van der Waals surface area contributed by atoms with E-state index < -0.39 is 0 Å². The number of halogens is 2. The minimum Gasteiger partial charge on any atom is -0.306 e. The monoisotopic (exact) mass is 416 g/mol. The van der Waals surface area contributed by atoms with Gasteiger partial charge in [0.1, 0.15) is 5.82 Å². The lowest BCUT2D eigenvalue weighted by Gasteiger charge is -2.08. The maximum absolute atomic E-state index is 12.1. The molecule has 0 bridgehead atoms. The summed E-state index contributed by atoms with van der Waals surface area (Å²) in [5.74, 6) is 0.445. The third-order valence-corrected chi connectivity index (χ3v) is 3.77. The molecule has 92 valence electrons. The molecule has 1 N–H and O–H groups in total. The lowest BCUT2D eigenvalue weighted by molar-refractivity contribution is 0.102.